The zero-order valence-electron chi connectivity index (χ0n) is 20.7. The van der Waals surface area contributed by atoms with Crippen LogP contribution in [0.3, 0.4) is 0 Å². The van der Waals surface area contributed by atoms with Gasteiger partial charge in [0.15, 0.2) is 0 Å². The Bertz CT molecular complexity index is 1190. The maximum absolute atomic E-state index is 13.8. The summed E-state index contributed by atoms with van der Waals surface area (Å²) in [5.74, 6) is -1.04. The summed E-state index contributed by atoms with van der Waals surface area (Å²) in [5.41, 5.74) is 4.27. The molecule has 196 valence electrons. The Labute approximate surface area is 231 Å². The minimum Gasteiger partial charge on any atom is -0.390 e. The number of aliphatic hydroxyl groups is 1. The predicted molar refractivity (Wildman–Crippen MR) is 150 cm³/mol. The van der Waals surface area contributed by atoms with Gasteiger partial charge in [0.1, 0.15) is 11.6 Å². The van der Waals surface area contributed by atoms with Gasteiger partial charge in [0.05, 0.1) is 12.1 Å². The molecule has 0 radical (unpaired) electrons. The standard InChI is InChI=1S/C30H33F2IN2O2/c31-24-13-21(14-25(32)17-24)16-28(29(36)19-34-18-20-5-3-8-26(33)15-20)35-30(37)10-4-7-23-12-11-22-6-1-2-9-27(22)23/h1-3,5-6,8-9,13-15,17,23,28-29,34,36H,4,7,10-12,16,18-19H2,(H,35,37)/t23?,28-,29-/m1/s1. The highest BCUT2D eigenvalue weighted by Crippen LogP contribution is 2.36. The van der Waals surface area contributed by atoms with Crippen LogP contribution >= 0.6 is 22.6 Å². The van der Waals surface area contributed by atoms with Crippen molar-refractivity contribution in [1.82, 2.24) is 10.6 Å². The van der Waals surface area contributed by atoms with Gasteiger partial charge < -0.3 is 15.7 Å². The van der Waals surface area contributed by atoms with E-state index in [1.54, 1.807) is 0 Å². The number of carbonyl (C=O) groups excluding carboxylic acids is 1. The lowest BCUT2D eigenvalue weighted by Gasteiger charge is -2.25. The Balaban J connectivity index is 1.33. The lowest BCUT2D eigenvalue weighted by atomic mass is 9.95. The van der Waals surface area contributed by atoms with Gasteiger partial charge in [0, 0.05) is 29.1 Å². The van der Waals surface area contributed by atoms with E-state index in [4.69, 9.17) is 0 Å². The number of fused-ring (bicyclic) bond motifs is 1. The largest absolute Gasteiger partial charge is 0.390 e. The van der Waals surface area contributed by atoms with Gasteiger partial charge in [-0.3, -0.25) is 4.79 Å². The summed E-state index contributed by atoms with van der Waals surface area (Å²) >= 11 is 2.25. The molecule has 0 bridgehead atoms. The molecule has 4 nitrogen and oxygen atoms in total. The van der Waals surface area contributed by atoms with E-state index in [-0.39, 0.29) is 18.9 Å². The van der Waals surface area contributed by atoms with Crippen LogP contribution in [-0.2, 0) is 24.2 Å². The van der Waals surface area contributed by atoms with Gasteiger partial charge in [0.25, 0.3) is 0 Å². The second kappa shape index (κ2) is 13.4. The number of hydrogen-bond donors (Lipinski definition) is 3. The van der Waals surface area contributed by atoms with E-state index in [1.807, 2.05) is 18.2 Å². The summed E-state index contributed by atoms with van der Waals surface area (Å²) in [6.45, 7) is 0.791. The molecule has 0 fully saturated rings. The van der Waals surface area contributed by atoms with Gasteiger partial charge >= 0.3 is 0 Å². The van der Waals surface area contributed by atoms with Gasteiger partial charge in [-0.15, -0.1) is 0 Å². The van der Waals surface area contributed by atoms with Crippen molar-refractivity contribution in [2.24, 2.45) is 0 Å². The molecular formula is C30H33F2IN2O2. The number of benzene rings is 3. The molecule has 3 atom stereocenters. The molecule has 3 aromatic rings. The number of rotatable bonds is 12. The third-order valence-corrected chi connectivity index (χ3v) is 7.64. The summed E-state index contributed by atoms with van der Waals surface area (Å²) in [5, 5.41) is 17.1. The number of aliphatic hydroxyl groups excluding tert-OH is 1. The third kappa shape index (κ3) is 8.32. The van der Waals surface area contributed by atoms with Crippen LogP contribution < -0.4 is 10.6 Å². The molecule has 0 aromatic heterocycles. The number of nitrogens with one attached hydrogen (secondary N) is 2. The summed E-state index contributed by atoms with van der Waals surface area (Å²) in [6, 6.07) is 19.2. The molecule has 0 aliphatic heterocycles. The first-order valence-corrected chi connectivity index (χ1v) is 13.9. The molecule has 7 heteroatoms. The van der Waals surface area contributed by atoms with Crippen LogP contribution in [0.5, 0.6) is 0 Å². The molecule has 4 rings (SSSR count). The molecule has 1 amide bonds. The fraction of sp³-hybridized carbons (Fsp3) is 0.367. The summed E-state index contributed by atoms with van der Waals surface area (Å²) in [7, 11) is 0. The molecule has 0 heterocycles. The number of carbonyl (C=O) groups is 1. The van der Waals surface area contributed by atoms with Gasteiger partial charge in [-0.05, 0) is 107 Å². The molecule has 1 aliphatic carbocycles. The van der Waals surface area contributed by atoms with Crippen molar-refractivity contribution >= 4 is 28.5 Å². The van der Waals surface area contributed by atoms with Crippen LogP contribution in [0.25, 0.3) is 0 Å². The van der Waals surface area contributed by atoms with E-state index >= 15 is 0 Å². The van der Waals surface area contributed by atoms with Crippen molar-refractivity contribution in [3.05, 3.63) is 104 Å². The molecule has 1 aliphatic rings. The Morgan fingerprint density at radius 2 is 1.81 bits per heavy atom. The van der Waals surface area contributed by atoms with Crippen LogP contribution in [0.1, 0.15) is 53.9 Å². The van der Waals surface area contributed by atoms with Crippen molar-refractivity contribution in [3.8, 4) is 0 Å². The van der Waals surface area contributed by atoms with Crippen molar-refractivity contribution < 1.29 is 18.7 Å². The first-order valence-electron chi connectivity index (χ1n) is 12.8. The van der Waals surface area contributed by atoms with Crippen LogP contribution in [0.2, 0.25) is 0 Å². The highest BCUT2D eigenvalue weighted by atomic mass is 127. The fourth-order valence-corrected chi connectivity index (χ4v) is 5.76. The molecule has 37 heavy (non-hydrogen) atoms. The minimum atomic E-state index is -0.931. The van der Waals surface area contributed by atoms with E-state index in [1.165, 1.54) is 23.3 Å². The maximum atomic E-state index is 13.8. The average molecular weight is 619 g/mol. The SMILES string of the molecule is O=C(CCCC1CCc2ccccc21)N[C@H](Cc1cc(F)cc(F)c1)[C@H](O)CNCc1cccc(I)c1. The van der Waals surface area contributed by atoms with Crippen molar-refractivity contribution in [1.29, 1.82) is 0 Å². The average Bonchev–Trinajstić information content (AvgIpc) is 3.26. The second-order valence-corrected chi connectivity index (χ2v) is 11.1. The summed E-state index contributed by atoms with van der Waals surface area (Å²) < 4.78 is 28.7. The molecule has 3 N–H and O–H groups in total. The van der Waals surface area contributed by atoms with Crippen molar-refractivity contribution in [3.63, 3.8) is 0 Å². The highest BCUT2D eigenvalue weighted by Gasteiger charge is 2.24. The predicted octanol–water partition coefficient (Wildman–Crippen LogP) is 5.65. The van der Waals surface area contributed by atoms with Gasteiger partial charge in [-0.2, -0.15) is 0 Å². The van der Waals surface area contributed by atoms with Crippen LogP contribution in [0, 0.1) is 15.2 Å². The minimum absolute atomic E-state index is 0.127. The van der Waals surface area contributed by atoms with E-state index in [9.17, 15) is 18.7 Å². The van der Waals surface area contributed by atoms with Crippen LogP contribution in [0.15, 0.2) is 66.7 Å². The van der Waals surface area contributed by atoms with E-state index in [0.717, 1.165) is 40.9 Å². The van der Waals surface area contributed by atoms with Crippen molar-refractivity contribution in [2.75, 3.05) is 6.54 Å². The molecular weight excluding hydrogens is 585 g/mol. The maximum Gasteiger partial charge on any atom is 0.220 e. The quantitative estimate of drug-likeness (QED) is 0.230. The Kier molecular flexibility index (Phi) is 10.1. The highest BCUT2D eigenvalue weighted by molar-refractivity contribution is 14.1. The Hall–Kier alpha value is -2.36. The topological polar surface area (TPSA) is 61.4 Å². The zero-order valence-corrected chi connectivity index (χ0v) is 22.9. The Morgan fingerprint density at radius 3 is 2.59 bits per heavy atom. The first-order chi connectivity index (χ1) is 17.9. The summed E-state index contributed by atoms with van der Waals surface area (Å²) in [4.78, 5) is 12.8. The molecule has 0 saturated heterocycles. The number of amides is 1. The number of aryl methyl sites for hydroxylation is 1. The normalized spacial score (nSPS) is 16.3. The summed E-state index contributed by atoms with van der Waals surface area (Å²) in [6.07, 6.45) is 3.41. The first kappa shape index (κ1) is 27.7. The third-order valence-electron chi connectivity index (χ3n) is 6.97. The smallest absolute Gasteiger partial charge is 0.220 e. The molecule has 1 unspecified atom stereocenters. The zero-order chi connectivity index (χ0) is 26.2. The van der Waals surface area contributed by atoms with E-state index < -0.39 is 23.8 Å². The van der Waals surface area contributed by atoms with Crippen molar-refractivity contribution in [2.45, 2.75) is 63.1 Å². The molecule has 3 aromatic carbocycles. The van der Waals surface area contributed by atoms with E-state index in [2.05, 4.69) is 63.6 Å². The molecule has 0 saturated carbocycles. The van der Waals surface area contributed by atoms with E-state index in [0.29, 0.717) is 24.4 Å². The Morgan fingerprint density at radius 1 is 1.03 bits per heavy atom. The van der Waals surface area contributed by atoms with Gasteiger partial charge in [-0.1, -0.05) is 36.4 Å². The number of halogens is 3. The lowest BCUT2D eigenvalue weighted by molar-refractivity contribution is -0.122. The van der Waals surface area contributed by atoms with Gasteiger partial charge in [0.2, 0.25) is 5.91 Å². The monoisotopic (exact) mass is 618 g/mol. The van der Waals surface area contributed by atoms with Crippen LogP contribution in [-0.4, -0.2) is 29.7 Å². The number of hydrogen-bond acceptors (Lipinski definition) is 3. The van der Waals surface area contributed by atoms with Crippen LogP contribution in [0.4, 0.5) is 8.78 Å². The second-order valence-electron chi connectivity index (χ2n) is 9.81. The van der Waals surface area contributed by atoms with Gasteiger partial charge in [-0.25, -0.2) is 8.78 Å². The lowest BCUT2D eigenvalue weighted by Crippen LogP contribution is -2.48. The molecule has 0 spiro atoms. The fourth-order valence-electron chi connectivity index (χ4n) is 5.15.